The molecule has 1 heterocycles. The van der Waals surface area contributed by atoms with E-state index in [1.165, 1.54) is 29.5 Å². The number of hydrogen-bond donors (Lipinski definition) is 0. The summed E-state index contributed by atoms with van der Waals surface area (Å²) in [5.41, 5.74) is 0. The molecule has 1 aromatic heterocycles. The van der Waals surface area contributed by atoms with Gasteiger partial charge in [-0.1, -0.05) is 18.2 Å². The summed E-state index contributed by atoms with van der Waals surface area (Å²) in [5.74, 6) is 0. The highest BCUT2D eigenvalue weighted by Crippen LogP contribution is 2.27. The molecule has 1 aromatic carbocycles. The smallest absolute Gasteiger partial charge is 0.216 e. The molecule has 0 saturated carbocycles. The first-order valence-corrected chi connectivity index (χ1v) is 8.30. The van der Waals surface area contributed by atoms with Gasteiger partial charge in [-0.3, -0.25) is 0 Å². The summed E-state index contributed by atoms with van der Waals surface area (Å²) in [6.45, 7) is 0. The van der Waals surface area contributed by atoms with E-state index in [0.717, 1.165) is 3.79 Å². The van der Waals surface area contributed by atoms with Crippen LogP contribution in [0.3, 0.4) is 0 Å². The van der Waals surface area contributed by atoms with Crippen molar-refractivity contribution in [3.63, 3.8) is 0 Å². The van der Waals surface area contributed by atoms with Crippen LogP contribution in [-0.2, 0) is 9.84 Å². The van der Waals surface area contributed by atoms with Gasteiger partial charge in [-0.2, -0.15) is 5.26 Å². The molecule has 0 radical (unpaired) electrons. The normalized spacial score (nSPS) is 12.1. The molecule has 0 unspecified atom stereocenters. The standard InChI is InChI=1S/C13H8BrNO2S2/c14-13-7-6-10(18-13)8-12(9-15)19(16,17)11-4-2-1-3-5-11/h1-8H. The van der Waals surface area contributed by atoms with Crippen molar-refractivity contribution in [3.05, 3.63) is 56.0 Å². The van der Waals surface area contributed by atoms with E-state index in [1.54, 1.807) is 36.4 Å². The van der Waals surface area contributed by atoms with E-state index in [0.29, 0.717) is 4.88 Å². The van der Waals surface area contributed by atoms with Gasteiger partial charge in [0.25, 0.3) is 0 Å². The third kappa shape index (κ3) is 3.13. The summed E-state index contributed by atoms with van der Waals surface area (Å²) in [5, 5.41) is 9.09. The summed E-state index contributed by atoms with van der Waals surface area (Å²) < 4.78 is 25.4. The Morgan fingerprint density at radius 2 is 1.89 bits per heavy atom. The van der Waals surface area contributed by atoms with E-state index >= 15 is 0 Å². The molecular formula is C13H8BrNO2S2. The maximum Gasteiger partial charge on any atom is 0.216 e. The molecule has 0 atom stereocenters. The summed E-state index contributed by atoms with van der Waals surface area (Å²) >= 11 is 4.66. The number of sulfone groups is 1. The molecule has 3 nitrogen and oxygen atoms in total. The Hall–Kier alpha value is -1.42. The van der Waals surface area contributed by atoms with Crippen LogP contribution in [0, 0.1) is 11.3 Å². The molecule has 0 spiro atoms. The first-order valence-electron chi connectivity index (χ1n) is 5.21. The second-order valence-electron chi connectivity index (χ2n) is 3.58. The molecule has 6 heteroatoms. The van der Waals surface area contributed by atoms with Crippen LogP contribution in [-0.4, -0.2) is 8.42 Å². The van der Waals surface area contributed by atoms with Crippen molar-refractivity contribution in [1.82, 2.24) is 0 Å². The van der Waals surface area contributed by atoms with E-state index in [4.69, 9.17) is 5.26 Å². The molecule has 0 aliphatic rings. The minimum atomic E-state index is -3.75. The predicted octanol–water partition coefficient (Wildman–Crippen LogP) is 3.85. The van der Waals surface area contributed by atoms with Crippen LogP contribution >= 0.6 is 27.3 Å². The molecule has 0 aliphatic carbocycles. The first kappa shape index (κ1) is 14.0. The molecule has 0 saturated heterocycles. The van der Waals surface area contributed by atoms with E-state index in [2.05, 4.69) is 15.9 Å². The average molecular weight is 354 g/mol. The molecule has 19 heavy (non-hydrogen) atoms. The number of hydrogen-bond acceptors (Lipinski definition) is 4. The van der Waals surface area contributed by atoms with E-state index < -0.39 is 9.84 Å². The van der Waals surface area contributed by atoms with Gasteiger partial charge in [0.2, 0.25) is 9.84 Å². The SMILES string of the molecule is N#CC(=Cc1ccc(Br)s1)S(=O)(=O)c1ccccc1. The van der Waals surface area contributed by atoms with Gasteiger partial charge in [-0.05, 0) is 46.3 Å². The first-order chi connectivity index (χ1) is 9.04. The van der Waals surface area contributed by atoms with E-state index in [9.17, 15) is 8.42 Å². The molecular weight excluding hydrogens is 346 g/mol. The summed E-state index contributed by atoms with van der Waals surface area (Å²) in [6, 6.07) is 13.3. The molecule has 2 rings (SSSR count). The Morgan fingerprint density at radius 1 is 1.21 bits per heavy atom. The Bertz CT molecular complexity index is 755. The lowest BCUT2D eigenvalue weighted by Gasteiger charge is -2.01. The number of halogens is 1. The monoisotopic (exact) mass is 353 g/mol. The molecule has 96 valence electrons. The molecule has 0 amide bonds. The Kier molecular flexibility index (Phi) is 4.20. The number of nitriles is 1. The quantitative estimate of drug-likeness (QED) is 0.787. The van der Waals surface area contributed by atoms with E-state index in [-0.39, 0.29) is 9.80 Å². The fraction of sp³-hybridized carbons (Fsp3) is 0. The fourth-order valence-electron chi connectivity index (χ4n) is 1.43. The van der Waals surface area contributed by atoms with Crippen molar-refractivity contribution in [1.29, 1.82) is 5.26 Å². The summed E-state index contributed by atoms with van der Waals surface area (Å²) in [6.07, 6.45) is 1.39. The Morgan fingerprint density at radius 3 is 2.42 bits per heavy atom. The van der Waals surface area contributed by atoms with Crippen molar-refractivity contribution >= 4 is 43.2 Å². The lowest BCUT2D eigenvalue weighted by molar-refractivity contribution is 0.603. The molecule has 0 aliphatic heterocycles. The molecule has 0 bridgehead atoms. The van der Waals surface area contributed by atoms with Crippen LogP contribution in [0.15, 0.2) is 56.1 Å². The zero-order chi connectivity index (χ0) is 13.9. The summed E-state index contributed by atoms with van der Waals surface area (Å²) in [7, 11) is -3.75. The highest BCUT2D eigenvalue weighted by atomic mass is 79.9. The van der Waals surface area contributed by atoms with Crippen LogP contribution < -0.4 is 0 Å². The minimum absolute atomic E-state index is 0.124. The van der Waals surface area contributed by atoms with Gasteiger partial charge in [-0.15, -0.1) is 11.3 Å². The number of benzene rings is 1. The number of thiophene rings is 1. The fourth-order valence-corrected chi connectivity index (χ4v) is 4.04. The van der Waals surface area contributed by atoms with Crippen molar-refractivity contribution in [3.8, 4) is 6.07 Å². The average Bonchev–Trinajstić information content (AvgIpc) is 2.82. The second kappa shape index (κ2) is 5.70. The summed E-state index contributed by atoms with van der Waals surface area (Å²) in [4.78, 5) is 0.578. The van der Waals surface area contributed by atoms with Crippen LogP contribution in [0.4, 0.5) is 0 Å². The molecule has 0 N–H and O–H groups in total. The highest BCUT2D eigenvalue weighted by molar-refractivity contribution is 9.11. The molecule has 2 aromatic rings. The van der Waals surface area contributed by atoms with Gasteiger partial charge < -0.3 is 0 Å². The Labute approximate surface area is 123 Å². The van der Waals surface area contributed by atoms with E-state index in [1.807, 2.05) is 0 Å². The zero-order valence-electron chi connectivity index (χ0n) is 9.58. The lowest BCUT2D eigenvalue weighted by atomic mass is 10.4. The number of nitrogens with zero attached hydrogens (tertiary/aromatic N) is 1. The highest BCUT2D eigenvalue weighted by Gasteiger charge is 2.20. The van der Waals surface area contributed by atoms with Crippen LogP contribution in [0.2, 0.25) is 0 Å². The predicted molar refractivity (Wildman–Crippen MR) is 79.2 cm³/mol. The second-order valence-corrected chi connectivity index (χ2v) is 7.99. The van der Waals surface area contributed by atoms with Crippen LogP contribution in [0.25, 0.3) is 6.08 Å². The maximum atomic E-state index is 12.3. The number of allylic oxidation sites excluding steroid dienone is 1. The van der Waals surface area contributed by atoms with Gasteiger partial charge in [0.15, 0.2) is 4.91 Å². The van der Waals surface area contributed by atoms with Gasteiger partial charge in [0.1, 0.15) is 6.07 Å². The third-order valence-corrected chi connectivity index (χ3v) is 5.57. The molecule has 0 fully saturated rings. The van der Waals surface area contributed by atoms with Gasteiger partial charge in [0, 0.05) is 4.88 Å². The van der Waals surface area contributed by atoms with Gasteiger partial charge in [0.05, 0.1) is 8.68 Å². The largest absolute Gasteiger partial charge is 0.218 e. The maximum absolute atomic E-state index is 12.3. The van der Waals surface area contributed by atoms with Gasteiger partial charge in [-0.25, -0.2) is 8.42 Å². The van der Waals surface area contributed by atoms with Crippen molar-refractivity contribution < 1.29 is 8.42 Å². The topological polar surface area (TPSA) is 57.9 Å². The lowest BCUT2D eigenvalue weighted by Crippen LogP contribution is -2.02. The zero-order valence-corrected chi connectivity index (χ0v) is 12.8. The van der Waals surface area contributed by atoms with Crippen LogP contribution in [0.5, 0.6) is 0 Å². The third-order valence-electron chi connectivity index (χ3n) is 2.32. The number of rotatable bonds is 3. The van der Waals surface area contributed by atoms with Crippen molar-refractivity contribution in [2.45, 2.75) is 4.90 Å². The van der Waals surface area contributed by atoms with Crippen molar-refractivity contribution in [2.75, 3.05) is 0 Å². The van der Waals surface area contributed by atoms with Gasteiger partial charge >= 0.3 is 0 Å². The minimum Gasteiger partial charge on any atom is -0.218 e. The van der Waals surface area contributed by atoms with Crippen molar-refractivity contribution in [2.24, 2.45) is 0 Å². The van der Waals surface area contributed by atoms with Crippen LogP contribution in [0.1, 0.15) is 4.88 Å². The Balaban J connectivity index is 2.49.